The minimum absolute atomic E-state index is 0.297. The van der Waals surface area contributed by atoms with Crippen molar-refractivity contribution in [3.63, 3.8) is 0 Å². The second-order valence-corrected chi connectivity index (χ2v) is 4.65. The van der Waals surface area contributed by atoms with Gasteiger partial charge < -0.3 is 9.64 Å². The van der Waals surface area contributed by atoms with Crippen molar-refractivity contribution >= 4 is 5.91 Å². The molecule has 0 spiro atoms. The van der Waals surface area contributed by atoms with E-state index in [1.54, 1.807) is 0 Å². The summed E-state index contributed by atoms with van der Waals surface area (Å²) in [6.45, 7) is -4.56. The fourth-order valence-corrected chi connectivity index (χ4v) is 1.94. The molecular formula is C13H12F5NO2. The molecule has 1 fully saturated rings. The zero-order valence-corrected chi connectivity index (χ0v) is 10.7. The number of nitrogens with zero attached hydrogens (tertiary/aromatic N) is 1. The molecule has 1 saturated carbocycles. The molecule has 0 saturated heterocycles. The highest BCUT2D eigenvalue weighted by Gasteiger charge is 2.41. The molecule has 0 unspecified atom stereocenters. The van der Waals surface area contributed by atoms with Gasteiger partial charge in [0.2, 0.25) is 0 Å². The average Bonchev–Trinajstić information content (AvgIpc) is 3.18. The summed E-state index contributed by atoms with van der Waals surface area (Å²) >= 11 is 0. The molecule has 0 aromatic heterocycles. The number of carbonyl (C=O) groups excluding carboxylic acids is 1. The minimum Gasteiger partial charge on any atom is -0.434 e. The predicted molar refractivity (Wildman–Crippen MR) is 63.2 cm³/mol. The largest absolute Gasteiger partial charge is 0.434 e. The van der Waals surface area contributed by atoms with Gasteiger partial charge in [0.25, 0.3) is 5.91 Å². The first kappa shape index (κ1) is 15.5. The van der Waals surface area contributed by atoms with Crippen LogP contribution in [0, 0.1) is 0 Å². The maximum atomic E-state index is 12.5. The van der Waals surface area contributed by atoms with E-state index in [0.717, 1.165) is 6.07 Å². The lowest BCUT2D eigenvalue weighted by molar-refractivity contribution is -0.141. The average molecular weight is 309 g/mol. The summed E-state index contributed by atoms with van der Waals surface area (Å²) in [5, 5.41) is 0. The molecule has 116 valence electrons. The highest BCUT2D eigenvalue weighted by Crippen LogP contribution is 2.33. The number of benzene rings is 1. The number of hydrogen-bond acceptors (Lipinski definition) is 2. The first-order chi connectivity index (χ1) is 9.78. The van der Waals surface area contributed by atoms with Crippen molar-refractivity contribution in [2.45, 2.75) is 31.7 Å². The van der Waals surface area contributed by atoms with Gasteiger partial charge in [-0.15, -0.1) is 0 Å². The van der Waals surface area contributed by atoms with Crippen LogP contribution in [-0.4, -0.2) is 36.2 Å². The van der Waals surface area contributed by atoms with Crippen molar-refractivity contribution < 1.29 is 31.5 Å². The molecule has 1 aromatic rings. The van der Waals surface area contributed by atoms with E-state index < -0.39 is 37.0 Å². The number of ether oxygens (including phenoxy) is 1. The zero-order valence-electron chi connectivity index (χ0n) is 10.7. The van der Waals surface area contributed by atoms with Crippen LogP contribution in [0.15, 0.2) is 24.3 Å². The van der Waals surface area contributed by atoms with Crippen molar-refractivity contribution in [3.8, 4) is 5.75 Å². The third kappa shape index (κ3) is 4.30. The summed E-state index contributed by atoms with van der Waals surface area (Å²) in [5.74, 6) is -1.38. The number of para-hydroxylation sites is 1. The third-order valence-corrected chi connectivity index (χ3v) is 2.93. The molecule has 0 atom stereocenters. The molecule has 0 radical (unpaired) electrons. The normalized spacial score (nSPS) is 15.1. The van der Waals surface area contributed by atoms with Crippen LogP contribution in [0.1, 0.15) is 23.2 Å². The maximum Gasteiger partial charge on any atom is 0.406 e. The molecule has 8 heteroatoms. The first-order valence-electron chi connectivity index (χ1n) is 6.19. The lowest BCUT2D eigenvalue weighted by Crippen LogP contribution is -2.40. The molecule has 1 aliphatic rings. The van der Waals surface area contributed by atoms with Gasteiger partial charge in [-0.2, -0.15) is 22.0 Å². The van der Waals surface area contributed by atoms with Crippen molar-refractivity contribution in [1.82, 2.24) is 4.90 Å². The number of rotatable bonds is 5. The van der Waals surface area contributed by atoms with E-state index >= 15 is 0 Å². The van der Waals surface area contributed by atoms with Crippen LogP contribution in [0.5, 0.6) is 5.75 Å². The van der Waals surface area contributed by atoms with Crippen LogP contribution in [-0.2, 0) is 0 Å². The highest BCUT2D eigenvalue weighted by atomic mass is 19.4. The summed E-state index contributed by atoms with van der Waals surface area (Å²) in [6.07, 6.45) is -3.60. The quantitative estimate of drug-likeness (QED) is 0.780. The fourth-order valence-electron chi connectivity index (χ4n) is 1.94. The highest BCUT2D eigenvalue weighted by molar-refractivity contribution is 5.97. The van der Waals surface area contributed by atoms with E-state index in [0.29, 0.717) is 17.7 Å². The number of amides is 1. The van der Waals surface area contributed by atoms with E-state index in [1.807, 2.05) is 0 Å². The van der Waals surface area contributed by atoms with Gasteiger partial charge in [-0.25, -0.2) is 0 Å². The fraction of sp³-hybridized carbons (Fsp3) is 0.462. The zero-order chi connectivity index (χ0) is 15.6. The molecule has 0 aliphatic heterocycles. The van der Waals surface area contributed by atoms with E-state index in [-0.39, 0.29) is 5.56 Å². The molecule has 2 rings (SSSR count). The lowest BCUT2D eigenvalue weighted by atomic mass is 10.1. The predicted octanol–water partition coefficient (Wildman–Crippen LogP) is 3.45. The summed E-state index contributed by atoms with van der Waals surface area (Å²) < 4.78 is 66.4. The number of hydrogen-bond donors (Lipinski definition) is 0. The Morgan fingerprint density at radius 2 is 1.90 bits per heavy atom. The van der Waals surface area contributed by atoms with Crippen molar-refractivity contribution in [2.24, 2.45) is 0 Å². The Morgan fingerprint density at radius 1 is 1.29 bits per heavy atom. The summed E-state index contributed by atoms with van der Waals surface area (Å²) in [5.41, 5.74) is -0.297. The summed E-state index contributed by atoms with van der Waals surface area (Å²) in [4.78, 5) is 12.9. The van der Waals surface area contributed by atoms with E-state index in [1.165, 1.54) is 18.2 Å². The Hall–Kier alpha value is -1.86. The molecule has 1 amide bonds. The minimum atomic E-state index is -4.54. The Balaban J connectivity index is 2.24. The molecule has 21 heavy (non-hydrogen) atoms. The lowest BCUT2D eigenvalue weighted by Gasteiger charge is -2.24. The molecule has 1 aliphatic carbocycles. The second-order valence-electron chi connectivity index (χ2n) is 4.65. The van der Waals surface area contributed by atoms with Gasteiger partial charge in [0.1, 0.15) is 12.3 Å². The van der Waals surface area contributed by atoms with Gasteiger partial charge in [0.05, 0.1) is 5.56 Å². The van der Waals surface area contributed by atoms with E-state index in [9.17, 15) is 26.7 Å². The van der Waals surface area contributed by atoms with Crippen LogP contribution >= 0.6 is 0 Å². The van der Waals surface area contributed by atoms with Gasteiger partial charge >= 0.3 is 12.8 Å². The molecule has 0 heterocycles. The summed E-state index contributed by atoms with van der Waals surface area (Å²) in [7, 11) is 0. The van der Waals surface area contributed by atoms with Gasteiger partial charge in [-0.05, 0) is 25.0 Å². The molecule has 0 bridgehead atoms. The van der Waals surface area contributed by atoms with Crippen molar-refractivity contribution in [3.05, 3.63) is 29.8 Å². The van der Waals surface area contributed by atoms with Crippen LogP contribution < -0.4 is 4.74 Å². The van der Waals surface area contributed by atoms with E-state index in [2.05, 4.69) is 4.74 Å². The second kappa shape index (κ2) is 5.87. The number of halogens is 5. The maximum absolute atomic E-state index is 12.5. The van der Waals surface area contributed by atoms with Gasteiger partial charge in [0.15, 0.2) is 0 Å². The van der Waals surface area contributed by atoms with Crippen LogP contribution in [0.2, 0.25) is 0 Å². The molecular weight excluding hydrogens is 297 g/mol. The Bertz CT molecular complexity index is 514. The Morgan fingerprint density at radius 3 is 2.43 bits per heavy atom. The number of carbonyl (C=O) groups is 1. The van der Waals surface area contributed by atoms with Gasteiger partial charge in [-0.1, -0.05) is 12.1 Å². The Labute approximate surface area is 117 Å². The van der Waals surface area contributed by atoms with Crippen LogP contribution in [0.3, 0.4) is 0 Å². The molecule has 1 aromatic carbocycles. The molecule has 3 nitrogen and oxygen atoms in total. The monoisotopic (exact) mass is 309 g/mol. The first-order valence-corrected chi connectivity index (χ1v) is 6.19. The van der Waals surface area contributed by atoms with Crippen LogP contribution in [0.4, 0.5) is 22.0 Å². The van der Waals surface area contributed by atoms with E-state index in [4.69, 9.17) is 0 Å². The Kier molecular flexibility index (Phi) is 4.34. The third-order valence-electron chi connectivity index (χ3n) is 2.93. The molecule has 0 N–H and O–H groups in total. The summed E-state index contributed by atoms with van der Waals surface area (Å²) in [6, 6.07) is 4.53. The number of alkyl halides is 5. The standard InChI is InChI=1S/C13H12F5NO2/c14-12(15)21-10-4-2-1-3-9(10)11(20)19(8-5-6-8)7-13(16,17)18/h1-4,8,12H,5-7H2. The van der Waals surface area contributed by atoms with Crippen LogP contribution in [0.25, 0.3) is 0 Å². The van der Waals surface area contributed by atoms with Gasteiger partial charge in [-0.3, -0.25) is 4.79 Å². The smallest absolute Gasteiger partial charge is 0.406 e. The SMILES string of the molecule is O=C(c1ccccc1OC(F)F)N(CC(F)(F)F)C1CC1. The van der Waals surface area contributed by atoms with Gasteiger partial charge in [0, 0.05) is 6.04 Å². The van der Waals surface area contributed by atoms with Crippen molar-refractivity contribution in [2.75, 3.05) is 6.54 Å². The topological polar surface area (TPSA) is 29.5 Å². The van der Waals surface area contributed by atoms with Crippen molar-refractivity contribution in [1.29, 1.82) is 0 Å².